The van der Waals surface area contributed by atoms with Crippen LogP contribution in [0, 0.1) is 0 Å². The maximum absolute atomic E-state index is 13.1. The minimum atomic E-state index is -4.38. The number of pyridine rings is 1. The van der Waals surface area contributed by atoms with E-state index in [4.69, 9.17) is 0 Å². The highest BCUT2D eigenvalue weighted by Crippen LogP contribution is 2.37. The van der Waals surface area contributed by atoms with Gasteiger partial charge >= 0.3 is 6.18 Å². The lowest BCUT2D eigenvalue weighted by Crippen LogP contribution is -2.21. The summed E-state index contributed by atoms with van der Waals surface area (Å²) in [7, 11) is 1.66. The molecule has 0 radical (unpaired) electrons. The van der Waals surface area contributed by atoms with E-state index >= 15 is 0 Å². The summed E-state index contributed by atoms with van der Waals surface area (Å²) >= 11 is 1.52. The van der Waals surface area contributed by atoms with E-state index in [9.17, 15) is 13.2 Å². The largest absolute Gasteiger partial charge is 0.416 e. The van der Waals surface area contributed by atoms with Gasteiger partial charge in [-0.15, -0.1) is 11.3 Å². The highest BCUT2D eigenvalue weighted by atomic mass is 32.1. The van der Waals surface area contributed by atoms with E-state index in [2.05, 4.69) is 10.3 Å². The number of rotatable bonds is 4. The summed E-state index contributed by atoms with van der Waals surface area (Å²) in [6, 6.07) is 4.35. The highest BCUT2D eigenvalue weighted by molar-refractivity contribution is 7.12. The topological polar surface area (TPSA) is 24.9 Å². The SMILES string of the molecule is CCc1ccc(C(NC)c2cnccc2C(F)(F)F)s1. The van der Waals surface area contributed by atoms with Crippen molar-refractivity contribution in [3.8, 4) is 0 Å². The smallest absolute Gasteiger partial charge is 0.309 e. The zero-order chi connectivity index (χ0) is 14.8. The molecule has 108 valence electrons. The first-order valence-corrected chi connectivity index (χ1v) is 7.06. The zero-order valence-electron chi connectivity index (χ0n) is 11.2. The molecule has 0 spiro atoms. The molecule has 2 aromatic heterocycles. The first-order valence-electron chi connectivity index (χ1n) is 6.24. The summed E-state index contributed by atoms with van der Waals surface area (Å²) in [5.74, 6) is 0. The van der Waals surface area contributed by atoms with Crippen LogP contribution in [-0.4, -0.2) is 12.0 Å². The van der Waals surface area contributed by atoms with Crippen LogP contribution >= 0.6 is 11.3 Å². The van der Waals surface area contributed by atoms with Gasteiger partial charge in [-0.2, -0.15) is 13.2 Å². The van der Waals surface area contributed by atoms with Gasteiger partial charge in [0.05, 0.1) is 11.6 Å². The van der Waals surface area contributed by atoms with Crippen molar-refractivity contribution in [1.82, 2.24) is 10.3 Å². The van der Waals surface area contributed by atoms with Gasteiger partial charge in [0.25, 0.3) is 0 Å². The van der Waals surface area contributed by atoms with E-state index in [0.717, 1.165) is 22.2 Å². The first kappa shape index (κ1) is 15.0. The molecule has 0 amide bonds. The van der Waals surface area contributed by atoms with Crippen LogP contribution in [0.3, 0.4) is 0 Å². The Balaban J connectivity index is 2.47. The van der Waals surface area contributed by atoms with Gasteiger partial charge in [-0.25, -0.2) is 0 Å². The number of aryl methyl sites for hydroxylation is 1. The van der Waals surface area contributed by atoms with Crippen molar-refractivity contribution in [3.63, 3.8) is 0 Å². The number of hydrogen-bond donors (Lipinski definition) is 1. The van der Waals surface area contributed by atoms with Crippen LogP contribution in [0.15, 0.2) is 30.6 Å². The third-order valence-electron chi connectivity index (χ3n) is 3.07. The number of nitrogens with one attached hydrogen (secondary N) is 1. The molecule has 6 heteroatoms. The molecule has 0 aliphatic carbocycles. The van der Waals surface area contributed by atoms with E-state index in [0.29, 0.717) is 0 Å². The number of hydrogen-bond acceptors (Lipinski definition) is 3. The molecule has 1 atom stereocenters. The molecule has 0 aliphatic rings. The van der Waals surface area contributed by atoms with E-state index in [1.54, 1.807) is 7.05 Å². The molecule has 0 aliphatic heterocycles. The fourth-order valence-electron chi connectivity index (χ4n) is 2.09. The highest BCUT2D eigenvalue weighted by Gasteiger charge is 2.35. The van der Waals surface area contributed by atoms with Crippen LogP contribution in [0.25, 0.3) is 0 Å². The molecule has 0 aromatic carbocycles. The van der Waals surface area contributed by atoms with Gasteiger partial charge in [-0.05, 0) is 31.7 Å². The molecule has 2 rings (SSSR count). The minimum Gasteiger partial charge on any atom is -0.309 e. The van der Waals surface area contributed by atoms with Crippen molar-refractivity contribution in [2.24, 2.45) is 0 Å². The van der Waals surface area contributed by atoms with Crippen LogP contribution in [0.4, 0.5) is 13.2 Å². The first-order chi connectivity index (χ1) is 9.47. The summed E-state index contributed by atoms with van der Waals surface area (Å²) in [6.07, 6.45) is -1.04. The molecule has 2 nitrogen and oxygen atoms in total. The molecule has 2 heterocycles. The summed E-state index contributed by atoms with van der Waals surface area (Å²) < 4.78 is 39.2. The maximum Gasteiger partial charge on any atom is 0.416 e. The Morgan fingerprint density at radius 2 is 2.05 bits per heavy atom. The van der Waals surface area contributed by atoms with Crippen LogP contribution in [0.1, 0.15) is 33.8 Å². The van der Waals surface area contributed by atoms with Gasteiger partial charge in [-0.3, -0.25) is 4.98 Å². The second-order valence-electron chi connectivity index (χ2n) is 4.34. The molecule has 1 unspecified atom stereocenters. The Kier molecular flexibility index (Phi) is 4.45. The predicted molar refractivity (Wildman–Crippen MR) is 73.8 cm³/mol. The maximum atomic E-state index is 13.1. The predicted octanol–water partition coefficient (Wildman–Crippen LogP) is 4.03. The molecule has 0 bridgehead atoms. The second kappa shape index (κ2) is 5.93. The molecule has 0 fully saturated rings. The standard InChI is InChI=1S/C14H15F3N2S/c1-3-9-4-5-12(20-9)13(18-2)10-8-19-7-6-11(10)14(15,16)17/h4-8,13,18H,3H2,1-2H3. The normalized spacial score (nSPS) is 13.4. The monoisotopic (exact) mass is 300 g/mol. The van der Waals surface area contributed by atoms with Gasteiger partial charge in [0, 0.05) is 27.7 Å². The fourth-order valence-corrected chi connectivity index (χ4v) is 3.17. The average Bonchev–Trinajstić information content (AvgIpc) is 2.88. The van der Waals surface area contributed by atoms with E-state index < -0.39 is 17.8 Å². The molecule has 1 N–H and O–H groups in total. The van der Waals surface area contributed by atoms with Gasteiger partial charge in [0.2, 0.25) is 0 Å². The van der Waals surface area contributed by atoms with Crippen LogP contribution in [-0.2, 0) is 12.6 Å². The van der Waals surface area contributed by atoms with Gasteiger partial charge in [-0.1, -0.05) is 6.92 Å². The summed E-state index contributed by atoms with van der Waals surface area (Å²) in [5.41, 5.74) is -0.481. The summed E-state index contributed by atoms with van der Waals surface area (Å²) in [5, 5.41) is 2.95. The van der Waals surface area contributed by atoms with Crippen molar-refractivity contribution < 1.29 is 13.2 Å². The Morgan fingerprint density at radius 3 is 2.60 bits per heavy atom. The van der Waals surface area contributed by atoms with Crippen molar-refractivity contribution in [1.29, 1.82) is 0 Å². The van der Waals surface area contributed by atoms with Crippen molar-refractivity contribution in [3.05, 3.63) is 51.5 Å². The van der Waals surface area contributed by atoms with Crippen molar-refractivity contribution in [2.75, 3.05) is 7.05 Å². The molecule has 2 aromatic rings. The lowest BCUT2D eigenvalue weighted by Gasteiger charge is -2.19. The quantitative estimate of drug-likeness (QED) is 0.922. The van der Waals surface area contributed by atoms with Gasteiger partial charge < -0.3 is 5.32 Å². The van der Waals surface area contributed by atoms with Crippen LogP contribution in [0.5, 0.6) is 0 Å². The summed E-state index contributed by atoms with van der Waals surface area (Å²) in [4.78, 5) is 5.86. The van der Waals surface area contributed by atoms with Crippen LogP contribution < -0.4 is 5.32 Å². The molecule has 0 saturated carbocycles. The molecule has 20 heavy (non-hydrogen) atoms. The van der Waals surface area contributed by atoms with E-state index in [-0.39, 0.29) is 5.56 Å². The minimum absolute atomic E-state index is 0.159. The summed E-state index contributed by atoms with van der Waals surface area (Å²) in [6.45, 7) is 2.02. The second-order valence-corrected chi connectivity index (χ2v) is 5.54. The third-order valence-corrected chi connectivity index (χ3v) is 4.37. The zero-order valence-corrected chi connectivity index (χ0v) is 12.0. The fraction of sp³-hybridized carbons (Fsp3) is 0.357. The number of thiophene rings is 1. The average molecular weight is 300 g/mol. The molecular formula is C14H15F3N2S. The Bertz CT molecular complexity index is 578. The number of alkyl halides is 3. The lowest BCUT2D eigenvalue weighted by molar-refractivity contribution is -0.138. The third kappa shape index (κ3) is 3.02. The van der Waals surface area contributed by atoms with E-state index in [1.165, 1.54) is 23.7 Å². The number of aromatic nitrogens is 1. The van der Waals surface area contributed by atoms with Crippen molar-refractivity contribution in [2.45, 2.75) is 25.6 Å². The van der Waals surface area contributed by atoms with E-state index in [1.807, 2.05) is 19.1 Å². The Morgan fingerprint density at radius 1 is 1.30 bits per heavy atom. The number of halogens is 3. The molecule has 0 saturated heterocycles. The van der Waals surface area contributed by atoms with Crippen LogP contribution in [0.2, 0.25) is 0 Å². The Hall–Kier alpha value is -1.40. The van der Waals surface area contributed by atoms with Gasteiger partial charge in [0.1, 0.15) is 0 Å². The molecular weight excluding hydrogens is 285 g/mol. The Labute approximate surface area is 119 Å². The van der Waals surface area contributed by atoms with Gasteiger partial charge in [0.15, 0.2) is 0 Å². The lowest BCUT2D eigenvalue weighted by atomic mass is 10.0. The number of nitrogens with zero attached hydrogens (tertiary/aromatic N) is 1. The van der Waals surface area contributed by atoms with Crippen molar-refractivity contribution >= 4 is 11.3 Å².